The normalized spacial score (nSPS) is 10.2. The Balaban J connectivity index is 2.30. The Labute approximate surface area is 110 Å². The molecule has 1 aromatic heterocycles. The first-order valence-corrected chi connectivity index (χ1v) is 5.99. The number of carboxylic acid groups (broad SMARTS) is 1. The van der Waals surface area contributed by atoms with Crippen LogP contribution in [0.25, 0.3) is 11.3 Å². The summed E-state index contributed by atoms with van der Waals surface area (Å²) in [7, 11) is 0. The average Bonchev–Trinajstić information content (AvgIpc) is 2.45. The molecule has 2 aromatic rings. The van der Waals surface area contributed by atoms with Crippen LogP contribution in [-0.4, -0.2) is 27.7 Å². The number of carboxylic acids is 1. The van der Waals surface area contributed by atoms with Crippen LogP contribution in [0.15, 0.2) is 36.8 Å². The molecule has 5 heteroatoms. The molecule has 0 amide bonds. The largest absolute Gasteiger partial charge is 0.494 e. The number of carbonyl (C=O) groups is 1. The second kappa shape index (κ2) is 5.95. The zero-order valence-electron chi connectivity index (χ0n) is 10.5. The standard InChI is InChI=1S/C14H14N2O3/c1-2-7-19-11-5-3-10(4-6-11)13-12(14(17)18)8-15-9-16-13/h3-6,8-9H,2,7H2,1H3,(H,17,18). The molecule has 0 saturated carbocycles. The predicted octanol–water partition coefficient (Wildman–Crippen LogP) is 2.63. The maximum absolute atomic E-state index is 11.1. The Morgan fingerprint density at radius 1 is 1.32 bits per heavy atom. The van der Waals surface area contributed by atoms with E-state index in [4.69, 9.17) is 9.84 Å². The molecule has 0 bridgehead atoms. The van der Waals surface area contributed by atoms with Crippen molar-refractivity contribution >= 4 is 5.97 Å². The fourth-order valence-electron chi connectivity index (χ4n) is 1.65. The SMILES string of the molecule is CCCOc1ccc(-c2ncncc2C(=O)O)cc1. The molecule has 1 N–H and O–H groups in total. The molecule has 0 radical (unpaired) electrons. The highest BCUT2D eigenvalue weighted by molar-refractivity contribution is 5.94. The fraction of sp³-hybridized carbons (Fsp3) is 0.214. The van der Waals surface area contributed by atoms with Gasteiger partial charge in [0.05, 0.1) is 12.3 Å². The van der Waals surface area contributed by atoms with Gasteiger partial charge in [0, 0.05) is 11.8 Å². The van der Waals surface area contributed by atoms with Crippen LogP contribution in [0.3, 0.4) is 0 Å². The molecule has 0 spiro atoms. The molecule has 0 fully saturated rings. The summed E-state index contributed by atoms with van der Waals surface area (Å²) in [6.07, 6.45) is 3.58. The Morgan fingerprint density at radius 3 is 2.68 bits per heavy atom. The van der Waals surface area contributed by atoms with Gasteiger partial charge in [-0.05, 0) is 30.7 Å². The highest BCUT2D eigenvalue weighted by Crippen LogP contribution is 2.23. The number of ether oxygens (including phenoxy) is 1. The molecule has 19 heavy (non-hydrogen) atoms. The third-order valence-electron chi connectivity index (χ3n) is 2.54. The minimum Gasteiger partial charge on any atom is -0.494 e. The molecule has 1 aromatic carbocycles. The van der Waals surface area contributed by atoms with Crippen molar-refractivity contribution in [1.29, 1.82) is 0 Å². The van der Waals surface area contributed by atoms with Crippen molar-refractivity contribution < 1.29 is 14.6 Å². The first-order valence-electron chi connectivity index (χ1n) is 5.99. The minimum atomic E-state index is -1.04. The molecule has 0 aliphatic carbocycles. The van der Waals surface area contributed by atoms with Crippen LogP contribution in [0.5, 0.6) is 5.75 Å². The lowest BCUT2D eigenvalue weighted by molar-refractivity contribution is 0.0697. The molecule has 0 aliphatic rings. The van der Waals surface area contributed by atoms with Gasteiger partial charge < -0.3 is 9.84 Å². The third kappa shape index (κ3) is 3.07. The van der Waals surface area contributed by atoms with Crippen molar-refractivity contribution in [3.63, 3.8) is 0 Å². The number of hydrogen-bond acceptors (Lipinski definition) is 4. The van der Waals surface area contributed by atoms with Crippen molar-refractivity contribution in [3.05, 3.63) is 42.4 Å². The van der Waals surface area contributed by atoms with Crippen molar-refractivity contribution in [2.24, 2.45) is 0 Å². The summed E-state index contributed by atoms with van der Waals surface area (Å²) in [6.45, 7) is 2.70. The smallest absolute Gasteiger partial charge is 0.339 e. The number of benzene rings is 1. The van der Waals surface area contributed by atoms with E-state index in [2.05, 4.69) is 9.97 Å². The Kier molecular flexibility index (Phi) is 4.07. The molecule has 1 heterocycles. The zero-order chi connectivity index (χ0) is 13.7. The molecular weight excluding hydrogens is 244 g/mol. The third-order valence-corrected chi connectivity index (χ3v) is 2.54. The quantitative estimate of drug-likeness (QED) is 0.892. The monoisotopic (exact) mass is 258 g/mol. The predicted molar refractivity (Wildman–Crippen MR) is 70.2 cm³/mol. The Bertz CT molecular complexity index is 567. The molecule has 0 saturated heterocycles. The summed E-state index contributed by atoms with van der Waals surface area (Å²) < 4.78 is 5.47. The van der Waals surface area contributed by atoms with E-state index in [0.29, 0.717) is 12.3 Å². The van der Waals surface area contributed by atoms with Crippen LogP contribution >= 0.6 is 0 Å². The summed E-state index contributed by atoms with van der Waals surface area (Å²) in [4.78, 5) is 18.9. The lowest BCUT2D eigenvalue weighted by atomic mass is 10.1. The van der Waals surface area contributed by atoms with Gasteiger partial charge >= 0.3 is 5.97 Å². The van der Waals surface area contributed by atoms with Gasteiger partial charge in [-0.25, -0.2) is 14.8 Å². The number of aromatic carboxylic acids is 1. The summed E-state index contributed by atoms with van der Waals surface area (Å²) in [5.41, 5.74) is 1.22. The maximum atomic E-state index is 11.1. The van der Waals surface area contributed by atoms with E-state index in [0.717, 1.165) is 17.7 Å². The average molecular weight is 258 g/mol. The molecule has 0 atom stereocenters. The number of aromatic nitrogens is 2. The topological polar surface area (TPSA) is 72.3 Å². The molecule has 5 nitrogen and oxygen atoms in total. The van der Waals surface area contributed by atoms with E-state index < -0.39 is 5.97 Å². The lowest BCUT2D eigenvalue weighted by Crippen LogP contribution is -2.02. The molecule has 0 unspecified atom stereocenters. The van der Waals surface area contributed by atoms with Crippen molar-refractivity contribution in [2.75, 3.05) is 6.61 Å². The zero-order valence-corrected chi connectivity index (χ0v) is 10.5. The van der Waals surface area contributed by atoms with Crippen molar-refractivity contribution in [3.8, 4) is 17.0 Å². The second-order valence-electron chi connectivity index (χ2n) is 3.96. The van der Waals surface area contributed by atoms with Crippen LogP contribution < -0.4 is 4.74 Å². The van der Waals surface area contributed by atoms with Crippen LogP contribution in [0, 0.1) is 0 Å². The van der Waals surface area contributed by atoms with E-state index in [1.165, 1.54) is 12.5 Å². The molecule has 2 rings (SSSR count). The number of rotatable bonds is 5. The van der Waals surface area contributed by atoms with Gasteiger partial charge in [-0.1, -0.05) is 6.92 Å². The first-order chi connectivity index (χ1) is 9.22. The molecule has 0 aliphatic heterocycles. The van der Waals surface area contributed by atoms with E-state index >= 15 is 0 Å². The summed E-state index contributed by atoms with van der Waals surface area (Å²) in [6, 6.07) is 7.19. The first kappa shape index (κ1) is 13.0. The fourth-order valence-corrected chi connectivity index (χ4v) is 1.65. The lowest BCUT2D eigenvalue weighted by Gasteiger charge is -2.07. The highest BCUT2D eigenvalue weighted by Gasteiger charge is 2.12. The van der Waals surface area contributed by atoms with E-state index in [1.54, 1.807) is 24.3 Å². The summed E-state index contributed by atoms with van der Waals surface area (Å²) in [5, 5.41) is 9.09. The summed E-state index contributed by atoms with van der Waals surface area (Å²) in [5.74, 6) is -0.279. The van der Waals surface area contributed by atoms with Gasteiger partial charge in [-0.2, -0.15) is 0 Å². The van der Waals surface area contributed by atoms with Gasteiger partial charge in [0.1, 0.15) is 17.6 Å². The molecular formula is C14H14N2O3. The number of hydrogen-bond donors (Lipinski definition) is 1. The highest BCUT2D eigenvalue weighted by atomic mass is 16.5. The van der Waals surface area contributed by atoms with E-state index in [1.807, 2.05) is 6.92 Å². The second-order valence-corrected chi connectivity index (χ2v) is 3.96. The van der Waals surface area contributed by atoms with E-state index in [-0.39, 0.29) is 5.56 Å². The van der Waals surface area contributed by atoms with Gasteiger partial charge in [0.25, 0.3) is 0 Å². The van der Waals surface area contributed by atoms with Gasteiger partial charge in [0.2, 0.25) is 0 Å². The minimum absolute atomic E-state index is 0.0877. The maximum Gasteiger partial charge on any atom is 0.339 e. The Hall–Kier alpha value is -2.43. The number of nitrogens with zero attached hydrogens (tertiary/aromatic N) is 2. The summed E-state index contributed by atoms with van der Waals surface area (Å²) >= 11 is 0. The van der Waals surface area contributed by atoms with Crippen LogP contribution in [0.2, 0.25) is 0 Å². The Morgan fingerprint density at radius 2 is 2.05 bits per heavy atom. The van der Waals surface area contributed by atoms with Crippen molar-refractivity contribution in [2.45, 2.75) is 13.3 Å². The van der Waals surface area contributed by atoms with Gasteiger partial charge in [-0.15, -0.1) is 0 Å². The van der Waals surface area contributed by atoms with Gasteiger partial charge in [-0.3, -0.25) is 0 Å². The van der Waals surface area contributed by atoms with Crippen LogP contribution in [-0.2, 0) is 0 Å². The van der Waals surface area contributed by atoms with Gasteiger partial charge in [0.15, 0.2) is 0 Å². The van der Waals surface area contributed by atoms with E-state index in [9.17, 15) is 4.79 Å². The van der Waals surface area contributed by atoms with Crippen molar-refractivity contribution in [1.82, 2.24) is 9.97 Å². The molecule has 98 valence electrons. The van der Waals surface area contributed by atoms with Crippen LogP contribution in [0.4, 0.5) is 0 Å². The van der Waals surface area contributed by atoms with Crippen LogP contribution in [0.1, 0.15) is 23.7 Å².